The van der Waals surface area contributed by atoms with Crippen LogP contribution in [0, 0.1) is 0 Å². The SMILES string of the molecule is COc1cccc(C(=O)N(CCN2CCOCC2)CC(=O)N(Cc2cccn2Cc2ccccc2)C2CC2)c1. The van der Waals surface area contributed by atoms with E-state index in [1.165, 1.54) is 5.56 Å². The summed E-state index contributed by atoms with van der Waals surface area (Å²) in [6.07, 6.45) is 4.07. The summed E-state index contributed by atoms with van der Waals surface area (Å²) in [7, 11) is 1.59. The highest BCUT2D eigenvalue weighted by Crippen LogP contribution is 2.29. The lowest BCUT2D eigenvalue weighted by Crippen LogP contribution is -2.47. The second-order valence-corrected chi connectivity index (χ2v) is 10.3. The molecule has 0 spiro atoms. The quantitative estimate of drug-likeness (QED) is 0.359. The Labute approximate surface area is 230 Å². The number of methoxy groups -OCH3 is 1. The van der Waals surface area contributed by atoms with Crippen LogP contribution in [0.1, 0.15) is 34.5 Å². The second-order valence-electron chi connectivity index (χ2n) is 10.3. The van der Waals surface area contributed by atoms with Gasteiger partial charge in [0.2, 0.25) is 5.91 Å². The molecule has 0 unspecified atom stereocenters. The topological polar surface area (TPSA) is 67.2 Å². The van der Waals surface area contributed by atoms with Crippen molar-refractivity contribution in [1.82, 2.24) is 19.3 Å². The summed E-state index contributed by atoms with van der Waals surface area (Å²) in [5.41, 5.74) is 2.84. The van der Waals surface area contributed by atoms with Gasteiger partial charge in [0.15, 0.2) is 0 Å². The minimum Gasteiger partial charge on any atom is -0.497 e. The molecule has 1 aliphatic heterocycles. The van der Waals surface area contributed by atoms with E-state index in [0.717, 1.165) is 38.2 Å². The highest BCUT2D eigenvalue weighted by atomic mass is 16.5. The van der Waals surface area contributed by atoms with Crippen molar-refractivity contribution >= 4 is 11.8 Å². The Morgan fingerprint density at radius 1 is 1.00 bits per heavy atom. The van der Waals surface area contributed by atoms with Gasteiger partial charge in [0.05, 0.1) is 26.9 Å². The van der Waals surface area contributed by atoms with E-state index in [9.17, 15) is 9.59 Å². The number of hydrogen-bond acceptors (Lipinski definition) is 5. The maximum atomic E-state index is 13.8. The predicted octanol–water partition coefficient (Wildman–Crippen LogP) is 3.51. The van der Waals surface area contributed by atoms with Crippen molar-refractivity contribution in [3.63, 3.8) is 0 Å². The maximum Gasteiger partial charge on any atom is 0.254 e. The summed E-state index contributed by atoms with van der Waals surface area (Å²) < 4.78 is 13.0. The Balaban J connectivity index is 1.30. The van der Waals surface area contributed by atoms with Crippen molar-refractivity contribution in [2.24, 2.45) is 0 Å². The normalized spacial score (nSPS) is 15.6. The van der Waals surface area contributed by atoms with Crippen molar-refractivity contribution in [1.29, 1.82) is 0 Å². The molecule has 2 aliphatic rings. The van der Waals surface area contributed by atoms with Gasteiger partial charge in [-0.3, -0.25) is 14.5 Å². The molecule has 2 fully saturated rings. The van der Waals surface area contributed by atoms with Crippen LogP contribution in [-0.4, -0.2) is 90.2 Å². The average molecular weight is 531 g/mol. The van der Waals surface area contributed by atoms with Gasteiger partial charge < -0.3 is 23.8 Å². The van der Waals surface area contributed by atoms with Crippen LogP contribution in [0.2, 0.25) is 0 Å². The fraction of sp³-hybridized carbons (Fsp3) is 0.419. The van der Waals surface area contributed by atoms with Crippen molar-refractivity contribution in [2.45, 2.75) is 32.0 Å². The number of ether oxygens (including phenoxy) is 2. The standard InChI is InChI=1S/C31H38N4O4/c1-38-29-11-5-9-26(21-29)31(37)34(16-15-32-17-19-39-20-18-32)24-30(36)35(27-12-13-27)23-28-10-6-14-33(28)22-25-7-3-2-4-8-25/h2-11,14,21,27H,12-13,15-20,22-24H2,1H3. The Morgan fingerprint density at radius 3 is 2.54 bits per heavy atom. The number of morpholine rings is 1. The largest absolute Gasteiger partial charge is 0.497 e. The van der Waals surface area contributed by atoms with E-state index < -0.39 is 0 Å². The summed E-state index contributed by atoms with van der Waals surface area (Å²) in [6, 6.07) is 21.8. The molecule has 0 atom stereocenters. The van der Waals surface area contributed by atoms with Gasteiger partial charge in [0, 0.05) is 56.2 Å². The molecule has 0 bridgehead atoms. The van der Waals surface area contributed by atoms with Gasteiger partial charge in [-0.05, 0) is 48.7 Å². The number of hydrogen-bond donors (Lipinski definition) is 0. The number of aromatic nitrogens is 1. The molecule has 1 aliphatic carbocycles. The fourth-order valence-electron chi connectivity index (χ4n) is 5.04. The third kappa shape index (κ3) is 7.28. The smallest absolute Gasteiger partial charge is 0.254 e. The van der Waals surface area contributed by atoms with Gasteiger partial charge >= 0.3 is 0 Å². The van der Waals surface area contributed by atoms with Crippen molar-refractivity contribution < 1.29 is 19.1 Å². The van der Waals surface area contributed by atoms with Crippen LogP contribution in [0.25, 0.3) is 0 Å². The van der Waals surface area contributed by atoms with E-state index in [-0.39, 0.29) is 24.4 Å². The highest BCUT2D eigenvalue weighted by Gasteiger charge is 2.34. The molecular weight excluding hydrogens is 492 g/mol. The Morgan fingerprint density at radius 2 is 1.79 bits per heavy atom. The Kier molecular flexibility index (Phi) is 8.96. The number of carbonyl (C=O) groups excluding carboxylic acids is 2. The average Bonchev–Trinajstić information content (AvgIpc) is 3.73. The van der Waals surface area contributed by atoms with E-state index in [0.29, 0.717) is 44.2 Å². The van der Waals surface area contributed by atoms with Crippen molar-refractivity contribution in [3.05, 3.63) is 89.7 Å². The van der Waals surface area contributed by atoms with Gasteiger partial charge in [-0.15, -0.1) is 0 Å². The molecule has 8 heteroatoms. The van der Waals surface area contributed by atoms with Crippen LogP contribution in [0.15, 0.2) is 72.9 Å². The number of rotatable bonds is 12. The van der Waals surface area contributed by atoms with Crippen molar-refractivity contribution in [3.8, 4) is 5.75 Å². The van der Waals surface area contributed by atoms with Crippen molar-refractivity contribution in [2.75, 3.05) is 53.0 Å². The van der Waals surface area contributed by atoms with Gasteiger partial charge in [-0.1, -0.05) is 36.4 Å². The molecule has 2 aromatic carbocycles. The molecule has 0 N–H and O–H groups in total. The number of nitrogens with zero attached hydrogens (tertiary/aromatic N) is 4. The summed E-state index contributed by atoms with van der Waals surface area (Å²) >= 11 is 0. The van der Waals surface area contributed by atoms with Gasteiger partial charge in [0.25, 0.3) is 5.91 Å². The first-order valence-electron chi connectivity index (χ1n) is 13.8. The van der Waals surface area contributed by atoms with E-state index >= 15 is 0 Å². The van der Waals surface area contributed by atoms with Gasteiger partial charge in [-0.25, -0.2) is 0 Å². The monoisotopic (exact) mass is 530 g/mol. The molecular formula is C31H38N4O4. The van der Waals surface area contributed by atoms with Gasteiger partial charge in [-0.2, -0.15) is 0 Å². The fourth-order valence-corrected chi connectivity index (χ4v) is 5.04. The second kappa shape index (κ2) is 13.0. The van der Waals surface area contributed by atoms with Gasteiger partial charge in [0.1, 0.15) is 12.3 Å². The molecule has 206 valence electrons. The zero-order valence-electron chi connectivity index (χ0n) is 22.7. The molecule has 39 heavy (non-hydrogen) atoms. The van der Waals surface area contributed by atoms with Crippen LogP contribution >= 0.6 is 0 Å². The molecule has 0 radical (unpaired) electrons. The third-order valence-electron chi connectivity index (χ3n) is 7.48. The lowest BCUT2D eigenvalue weighted by Gasteiger charge is -2.31. The zero-order chi connectivity index (χ0) is 27.0. The number of benzene rings is 2. The van der Waals surface area contributed by atoms with Crippen LogP contribution in [0.5, 0.6) is 5.75 Å². The first-order chi connectivity index (χ1) is 19.1. The molecule has 2 amide bonds. The number of carbonyl (C=O) groups is 2. The highest BCUT2D eigenvalue weighted by molar-refractivity contribution is 5.97. The Hall–Kier alpha value is -3.62. The molecule has 2 heterocycles. The van der Waals surface area contributed by atoms with Crippen LogP contribution in [0.4, 0.5) is 0 Å². The molecule has 5 rings (SSSR count). The van der Waals surface area contributed by atoms with Crippen LogP contribution < -0.4 is 4.74 Å². The van der Waals surface area contributed by atoms with Crippen LogP contribution in [-0.2, 0) is 22.6 Å². The molecule has 1 saturated heterocycles. The van der Waals surface area contributed by atoms with E-state index in [4.69, 9.17) is 9.47 Å². The summed E-state index contributed by atoms with van der Waals surface area (Å²) in [4.78, 5) is 33.4. The summed E-state index contributed by atoms with van der Waals surface area (Å²) in [5.74, 6) is 0.459. The minimum atomic E-state index is -0.154. The lowest BCUT2D eigenvalue weighted by molar-refractivity contribution is -0.133. The summed E-state index contributed by atoms with van der Waals surface area (Å²) in [6.45, 7) is 5.59. The molecule has 1 saturated carbocycles. The van der Waals surface area contributed by atoms with E-state index in [1.54, 1.807) is 24.1 Å². The van der Waals surface area contributed by atoms with E-state index in [2.05, 4.69) is 33.9 Å². The Bertz CT molecular complexity index is 1230. The minimum absolute atomic E-state index is 0.0109. The number of amides is 2. The zero-order valence-corrected chi connectivity index (χ0v) is 22.7. The molecule has 1 aromatic heterocycles. The maximum absolute atomic E-state index is 13.8. The first kappa shape index (κ1) is 27.0. The van der Waals surface area contributed by atoms with E-state index in [1.807, 2.05) is 41.3 Å². The molecule has 3 aromatic rings. The van der Waals surface area contributed by atoms with Crippen LogP contribution in [0.3, 0.4) is 0 Å². The lowest BCUT2D eigenvalue weighted by atomic mass is 10.1. The molecule has 8 nitrogen and oxygen atoms in total. The predicted molar refractivity (Wildman–Crippen MR) is 150 cm³/mol. The first-order valence-corrected chi connectivity index (χ1v) is 13.8. The summed E-state index contributed by atoms with van der Waals surface area (Å²) in [5, 5.41) is 0. The third-order valence-corrected chi connectivity index (χ3v) is 7.48.